The number of benzene rings is 2. The van der Waals surface area contributed by atoms with E-state index in [1.807, 2.05) is 5.32 Å². The Hall–Kier alpha value is -5.05. The molecule has 0 radical (unpaired) electrons. The van der Waals surface area contributed by atoms with Crippen molar-refractivity contribution in [2.45, 2.75) is 71.7 Å². The van der Waals surface area contributed by atoms with E-state index in [0.717, 1.165) is 24.3 Å². The number of hydrogen-bond acceptors (Lipinski definition) is 8. The maximum absolute atomic E-state index is 15.9. The molecule has 2 aromatic carbocycles. The summed E-state index contributed by atoms with van der Waals surface area (Å²) in [5.74, 6) is -7.13. The van der Waals surface area contributed by atoms with Gasteiger partial charge in [0.1, 0.15) is 28.9 Å². The molecule has 0 spiro atoms. The summed E-state index contributed by atoms with van der Waals surface area (Å²) >= 11 is 0. The molecule has 0 unspecified atom stereocenters. The normalized spacial score (nSPS) is 12.8. The minimum absolute atomic E-state index is 0.0695. The van der Waals surface area contributed by atoms with Crippen LogP contribution >= 0.6 is 0 Å². The van der Waals surface area contributed by atoms with E-state index in [0.29, 0.717) is 4.90 Å². The third-order valence-corrected chi connectivity index (χ3v) is 6.64. The van der Waals surface area contributed by atoms with Crippen molar-refractivity contribution in [1.82, 2.24) is 19.9 Å². The number of carbonyl (C=O) groups is 3. The van der Waals surface area contributed by atoms with E-state index in [1.54, 1.807) is 41.5 Å². The summed E-state index contributed by atoms with van der Waals surface area (Å²) in [5, 5.41) is 16.3. The Morgan fingerprint density at radius 1 is 0.938 bits per heavy atom. The highest BCUT2D eigenvalue weighted by Gasteiger charge is 2.40. The van der Waals surface area contributed by atoms with E-state index >= 15 is 4.39 Å². The fourth-order valence-corrected chi connectivity index (χ4v) is 4.43. The quantitative estimate of drug-likeness (QED) is 0.206. The summed E-state index contributed by atoms with van der Waals surface area (Å²) in [7, 11) is 0. The number of nitrogens with zero attached hydrogens (tertiary/aromatic N) is 4. The van der Waals surface area contributed by atoms with Crippen LogP contribution in [0.25, 0.3) is 16.8 Å². The highest BCUT2D eigenvalue weighted by atomic mass is 19.3. The largest absolute Gasteiger partial charge is 0.443 e. The molecule has 48 heavy (non-hydrogen) atoms. The van der Waals surface area contributed by atoms with E-state index in [1.165, 1.54) is 41.9 Å². The third-order valence-electron chi connectivity index (χ3n) is 6.64. The van der Waals surface area contributed by atoms with Gasteiger partial charge in [0.05, 0.1) is 12.1 Å². The number of carbonyl (C=O) groups excluding carboxylic acids is 3. The molecule has 15 heteroatoms. The number of aliphatic hydroxyl groups is 1. The number of rotatable bonds is 7. The predicted molar refractivity (Wildman–Crippen MR) is 167 cm³/mol. The van der Waals surface area contributed by atoms with Gasteiger partial charge in [-0.15, -0.1) is 10.00 Å². The maximum atomic E-state index is 15.9. The first-order chi connectivity index (χ1) is 22.2. The number of anilines is 1. The van der Waals surface area contributed by atoms with Crippen LogP contribution in [0.2, 0.25) is 0 Å². The topological polar surface area (TPSA) is 135 Å². The van der Waals surface area contributed by atoms with E-state index < -0.39 is 65.1 Å². The number of fused-ring (bicyclic) bond motifs is 1. The highest BCUT2D eigenvalue weighted by Crippen LogP contribution is 2.32. The first kappa shape index (κ1) is 35.8. The van der Waals surface area contributed by atoms with Gasteiger partial charge in [-0.05, 0) is 89.4 Å². The summed E-state index contributed by atoms with van der Waals surface area (Å²) in [5.41, 5.74) is -2.41. The van der Waals surface area contributed by atoms with Crippen molar-refractivity contribution in [3.63, 3.8) is 0 Å². The van der Waals surface area contributed by atoms with Gasteiger partial charge in [0.25, 0.3) is 17.8 Å². The molecule has 0 aliphatic carbocycles. The summed E-state index contributed by atoms with van der Waals surface area (Å²) in [6.07, 6.45) is -3.18. The second-order valence-corrected chi connectivity index (χ2v) is 12.9. The van der Waals surface area contributed by atoms with E-state index in [2.05, 4.69) is 10.1 Å². The zero-order valence-electron chi connectivity index (χ0n) is 27.3. The number of aliphatic hydroxyl groups excluding tert-OH is 1. The smallest absolute Gasteiger partial charge is 0.427 e. The van der Waals surface area contributed by atoms with Crippen LogP contribution in [0.15, 0.2) is 54.7 Å². The Bertz CT molecular complexity index is 1820. The Morgan fingerprint density at radius 3 is 2.08 bits per heavy atom. The average molecular weight is 674 g/mol. The number of nitrogens with one attached hydrogen (secondary N) is 1. The predicted octanol–water partition coefficient (Wildman–Crippen LogP) is 6.76. The van der Waals surface area contributed by atoms with Crippen LogP contribution in [0.5, 0.6) is 0 Å². The van der Waals surface area contributed by atoms with Gasteiger partial charge in [0, 0.05) is 11.8 Å². The Kier molecular flexibility index (Phi) is 9.86. The molecule has 0 aliphatic rings. The van der Waals surface area contributed by atoms with Crippen LogP contribution in [-0.4, -0.2) is 61.5 Å². The van der Waals surface area contributed by atoms with E-state index in [-0.39, 0.29) is 33.8 Å². The van der Waals surface area contributed by atoms with Crippen LogP contribution < -0.4 is 10.2 Å². The highest BCUT2D eigenvalue weighted by molar-refractivity contribution is 6.08. The molecule has 1 atom stereocenters. The molecule has 4 aromatic rings. The number of alkyl halides is 2. The van der Waals surface area contributed by atoms with Crippen LogP contribution in [-0.2, 0) is 9.47 Å². The first-order valence-electron chi connectivity index (χ1n) is 14.7. The van der Waals surface area contributed by atoms with Gasteiger partial charge >= 0.3 is 12.2 Å². The van der Waals surface area contributed by atoms with Gasteiger partial charge in [-0.25, -0.2) is 31.7 Å². The van der Waals surface area contributed by atoms with Gasteiger partial charge in [-0.2, -0.15) is 4.98 Å². The Morgan fingerprint density at radius 2 is 1.52 bits per heavy atom. The summed E-state index contributed by atoms with van der Waals surface area (Å²) < 4.78 is 70.5. The van der Waals surface area contributed by atoms with Gasteiger partial charge < -0.3 is 19.9 Å². The molecule has 3 amide bonds. The Balaban J connectivity index is 1.63. The third kappa shape index (κ3) is 8.26. The lowest BCUT2D eigenvalue weighted by Crippen LogP contribution is -2.44. The number of hydrogen-bond donors (Lipinski definition) is 2. The van der Waals surface area contributed by atoms with Crippen molar-refractivity contribution in [1.29, 1.82) is 0 Å². The van der Waals surface area contributed by atoms with Crippen molar-refractivity contribution in [3.05, 3.63) is 83.1 Å². The molecule has 2 N–H and O–H groups in total. The number of halogens is 4. The molecule has 4 rings (SSSR count). The summed E-state index contributed by atoms with van der Waals surface area (Å²) in [6, 6.07) is 9.41. The first-order valence-corrected chi connectivity index (χ1v) is 14.7. The number of aryl methyl sites for hydroxylation is 1. The SMILES string of the molecule is Cc1ccc(-c2ccn3nc(N(C(=O)OC(C)(C)C)C(=O)OC(C)(C)C)nc3c2)c(F)c1C(=O)NCC(F)(F)[C@@H](O)c1ccc(F)cc1. The van der Waals surface area contributed by atoms with E-state index in [4.69, 9.17) is 9.47 Å². The molecular formula is C33H35F4N5O6. The average Bonchev–Trinajstić information content (AvgIpc) is 3.37. The fraction of sp³-hybridized carbons (Fsp3) is 0.364. The lowest BCUT2D eigenvalue weighted by Gasteiger charge is -2.26. The summed E-state index contributed by atoms with van der Waals surface area (Å²) in [6.45, 7) is 9.72. The minimum atomic E-state index is -3.88. The van der Waals surface area contributed by atoms with Crippen LogP contribution in [0.4, 0.5) is 33.1 Å². The monoisotopic (exact) mass is 673 g/mol. The van der Waals surface area contributed by atoms with Crippen LogP contribution in [0.1, 0.15) is 69.1 Å². The molecule has 11 nitrogen and oxygen atoms in total. The van der Waals surface area contributed by atoms with Gasteiger partial charge in [0.15, 0.2) is 5.65 Å². The molecule has 0 fully saturated rings. The molecule has 0 saturated heterocycles. The van der Waals surface area contributed by atoms with Crippen LogP contribution in [0, 0.1) is 18.6 Å². The minimum Gasteiger partial charge on any atom is -0.443 e. The number of aromatic nitrogens is 3. The lowest BCUT2D eigenvalue weighted by atomic mass is 9.98. The van der Waals surface area contributed by atoms with Crippen molar-refractivity contribution >= 4 is 29.7 Å². The second-order valence-electron chi connectivity index (χ2n) is 12.9. The zero-order valence-corrected chi connectivity index (χ0v) is 27.3. The van der Waals surface area contributed by atoms with Gasteiger partial charge in [-0.1, -0.05) is 24.3 Å². The van der Waals surface area contributed by atoms with Crippen LogP contribution in [0.3, 0.4) is 0 Å². The number of imide groups is 1. The lowest BCUT2D eigenvalue weighted by molar-refractivity contribution is -0.106. The van der Waals surface area contributed by atoms with E-state index in [9.17, 15) is 32.7 Å². The molecule has 2 aromatic heterocycles. The fourth-order valence-electron chi connectivity index (χ4n) is 4.43. The summed E-state index contributed by atoms with van der Waals surface area (Å²) in [4.78, 5) is 43.8. The molecule has 256 valence electrons. The molecule has 0 bridgehead atoms. The van der Waals surface area contributed by atoms with Crippen molar-refractivity contribution in [3.8, 4) is 11.1 Å². The van der Waals surface area contributed by atoms with Crippen molar-refractivity contribution < 1.29 is 46.5 Å². The van der Waals surface area contributed by atoms with Gasteiger partial charge in [0.2, 0.25) is 0 Å². The number of ether oxygens (including phenoxy) is 2. The maximum Gasteiger partial charge on any atom is 0.427 e. The van der Waals surface area contributed by atoms with Crippen molar-refractivity contribution in [2.24, 2.45) is 0 Å². The molecule has 0 saturated carbocycles. The van der Waals surface area contributed by atoms with Gasteiger partial charge in [-0.3, -0.25) is 4.79 Å². The second kappa shape index (κ2) is 13.2. The molecule has 2 heterocycles. The Labute approximate surface area is 273 Å². The molecular weight excluding hydrogens is 638 g/mol. The van der Waals surface area contributed by atoms with Crippen molar-refractivity contribution in [2.75, 3.05) is 11.4 Å². The standard InChI is InChI=1S/C33H35F4N5O6/c1-18-8-13-22(25(35)24(18)27(44)38-17-33(36,37)26(43)19-9-11-21(34)12-10-19)20-14-15-41-23(16-20)39-28(40-41)42(29(45)47-31(2,3)4)30(46)48-32(5,6)7/h8-16,26,43H,17H2,1-7H3,(H,38,44)/t26-/m0/s1. The zero-order chi connectivity index (χ0) is 35.8. The number of pyridine rings is 1. The number of amides is 3. The molecule has 0 aliphatic heterocycles.